The fourth-order valence-electron chi connectivity index (χ4n) is 5.80. The maximum atomic E-state index is 13.0. The van der Waals surface area contributed by atoms with Gasteiger partial charge in [0.1, 0.15) is 6.04 Å². The number of hydrogen-bond donors (Lipinski definition) is 4. The Kier molecular flexibility index (Phi) is 16.3. The second kappa shape index (κ2) is 17.1. The summed E-state index contributed by atoms with van der Waals surface area (Å²) in [5.41, 5.74) is -1.67. The predicted octanol–water partition coefficient (Wildman–Crippen LogP) is 6.88. The zero-order valence-electron chi connectivity index (χ0n) is 31.3. The molecule has 0 saturated carbocycles. The molecule has 0 aromatic carbocycles. The quantitative estimate of drug-likeness (QED) is 0.108. The Bertz CT molecular complexity index is 980. The molecule has 0 aliphatic carbocycles. The highest BCUT2D eigenvalue weighted by molar-refractivity contribution is 5.87. The molecule has 0 aromatic rings. The summed E-state index contributed by atoms with van der Waals surface area (Å²) in [5, 5.41) is 18.4. The number of hydrogen-bond acceptors (Lipinski definition) is 5. The first-order valence-corrected chi connectivity index (χ1v) is 16.9. The summed E-state index contributed by atoms with van der Waals surface area (Å²) in [6.07, 6.45) is 4.42. The smallest absolute Gasteiger partial charge is 0.326 e. The van der Waals surface area contributed by atoms with E-state index in [-0.39, 0.29) is 46.8 Å². The molecule has 0 aromatic heterocycles. The van der Waals surface area contributed by atoms with Crippen LogP contribution >= 0.6 is 0 Å². The Morgan fingerprint density at radius 3 is 1.80 bits per heavy atom. The number of ether oxygens (including phenoxy) is 1. The molecule has 9 heteroatoms. The van der Waals surface area contributed by atoms with E-state index in [0.717, 1.165) is 12.8 Å². The summed E-state index contributed by atoms with van der Waals surface area (Å²) in [5.74, 6) is -1.71. The van der Waals surface area contributed by atoms with E-state index in [2.05, 4.69) is 71.3 Å². The van der Waals surface area contributed by atoms with Crippen LogP contribution in [0.4, 0.5) is 0 Å². The van der Waals surface area contributed by atoms with Crippen LogP contribution in [0.1, 0.15) is 148 Å². The molecule has 9 nitrogen and oxygen atoms in total. The average molecular weight is 640 g/mol. The number of aliphatic carboxylic acids is 1. The van der Waals surface area contributed by atoms with Crippen molar-refractivity contribution < 1.29 is 29.0 Å². The number of carboxylic acid groups (broad SMARTS) is 1. The third-order valence-electron chi connectivity index (χ3n) is 9.04. The molecular formula is C36H69N3O6. The number of rotatable bonds is 21. The van der Waals surface area contributed by atoms with Crippen molar-refractivity contribution in [1.82, 2.24) is 16.0 Å². The number of carbonyl (C=O) groups is 4. The van der Waals surface area contributed by atoms with Gasteiger partial charge in [0.05, 0.1) is 5.60 Å². The molecule has 45 heavy (non-hydrogen) atoms. The van der Waals surface area contributed by atoms with Crippen LogP contribution in [0, 0.1) is 27.1 Å². The topological polar surface area (TPSA) is 134 Å². The van der Waals surface area contributed by atoms with E-state index in [9.17, 15) is 24.3 Å². The Morgan fingerprint density at radius 2 is 1.31 bits per heavy atom. The maximum absolute atomic E-state index is 13.0. The Labute approximate surface area is 275 Å². The molecule has 2 atom stereocenters. The van der Waals surface area contributed by atoms with Crippen LogP contribution in [0.25, 0.3) is 0 Å². The minimum Gasteiger partial charge on any atom is -0.480 e. The van der Waals surface area contributed by atoms with Crippen molar-refractivity contribution in [1.29, 1.82) is 0 Å². The predicted molar refractivity (Wildman–Crippen MR) is 183 cm³/mol. The van der Waals surface area contributed by atoms with Crippen molar-refractivity contribution in [2.24, 2.45) is 27.1 Å². The highest BCUT2D eigenvalue weighted by Gasteiger charge is 2.37. The normalized spacial score (nSPS) is 15.2. The zero-order chi connectivity index (χ0) is 35.5. The molecule has 0 aliphatic rings. The summed E-state index contributed by atoms with van der Waals surface area (Å²) in [6.45, 7) is 30.2. The van der Waals surface area contributed by atoms with Crippen molar-refractivity contribution in [3.05, 3.63) is 0 Å². The summed E-state index contributed by atoms with van der Waals surface area (Å²) in [6, 6.07) is -1.14. The maximum Gasteiger partial charge on any atom is 0.326 e. The Balaban J connectivity index is 4.73. The highest BCUT2D eigenvalue weighted by Crippen LogP contribution is 2.37. The van der Waals surface area contributed by atoms with Gasteiger partial charge in [0, 0.05) is 36.9 Å². The number of carbonyl (C=O) groups excluding carboxylic acids is 3. The van der Waals surface area contributed by atoms with E-state index in [4.69, 9.17) is 4.74 Å². The molecular weight excluding hydrogens is 570 g/mol. The minimum absolute atomic E-state index is 0.000799. The third kappa shape index (κ3) is 17.4. The van der Waals surface area contributed by atoms with Crippen molar-refractivity contribution >= 4 is 23.7 Å². The van der Waals surface area contributed by atoms with Crippen molar-refractivity contribution in [3.63, 3.8) is 0 Å². The van der Waals surface area contributed by atoms with E-state index in [1.807, 2.05) is 41.5 Å². The van der Waals surface area contributed by atoms with Crippen molar-refractivity contribution in [2.45, 2.75) is 160 Å². The summed E-state index contributed by atoms with van der Waals surface area (Å²) < 4.78 is 6.12. The van der Waals surface area contributed by atoms with Gasteiger partial charge in [-0.15, -0.1) is 0 Å². The monoisotopic (exact) mass is 640 g/mol. The second-order valence-corrected chi connectivity index (χ2v) is 17.4. The molecule has 0 rings (SSSR count). The van der Waals surface area contributed by atoms with E-state index in [1.165, 1.54) is 0 Å². The summed E-state index contributed by atoms with van der Waals surface area (Å²) in [4.78, 5) is 50.4. The fraction of sp³-hybridized carbons (Fsp3) is 0.889. The summed E-state index contributed by atoms with van der Waals surface area (Å²) in [7, 11) is 0. The lowest BCUT2D eigenvalue weighted by Gasteiger charge is -2.35. The van der Waals surface area contributed by atoms with Gasteiger partial charge >= 0.3 is 5.97 Å². The molecule has 3 amide bonds. The first kappa shape index (κ1) is 42.8. The first-order chi connectivity index (χ1) is 20.2. The van der Waals surface area contributed by atoms with Gasteiger partial charge in [0.25, 0.3) is 0 Å². The van der Waals surface area contributed by atoms with Crippen molar-refractivity contribution in [3.8, 4) is 0 Å². The standard InChI is InChI=1S/C36H69N3O6/c1-15-32(6,7)24-33(8,9)25-38-29(43)34(10,11)20-22-45-35(12,13)19-21-37-27(40)18-17-26(28(41)42)39-30(44)36(14,16-2)23-31(3,4)5/h26H,15-25H2,1-14H3,(H,37,40)(H,38,43)(H,39,44)(H,41,42). The minimum atomic E-state index is -1.15. The molecule has 0 fully saturated rings. The molecule has 0 spiro atoms. The number of carboxylic acids is 1. The average Bonchev–Trinajstić information content (AvgIpc) is 2.87. The van der Waals surface area contributed by atoms with Gasteiger partial charge in [-0.25, -0.2) is 4.79 Å². The lowest BCUT2D eigenvalue weighted by molar-refractivity contribution is -0.144. The number of nitrogens with one attached hydrogen (secondary N) is 3. The number of amides is 3. The molecule has 4 N–H and O–H groups in total. The third-order valence-corrected chi connectivity index (χ3v) is 9.04. The van der Waals surface area contributed by atoms with E-state index < -0.39 is 28.4 Å². The molecule has 0 aliphatic heterocycles. The van der Waals surface area contributed by atoms with Gasteiger partial charge in [-0.05, 0) is 68.6 Å². The first-order valence-electron chi connectivity index (χ1n) is 16.9. The van der Waals surface area contributed by atoms with Crippen LogP contribution in [-0.4, -0.2) is 60.1 Å². The van der Waals surface area contributed by atoms with Gasteiger partial charge < -0.3 is 25.8 Å². The summed E-state index contributed by atoms with van der Waals surface area (Å²) >= 11 is 0. The van der Waals surface area contributed by atoms with E-state index in [0.29, 0.717) is 45.4 Å². The molecule has 0 heterocycles. The molecule has 0 bridgehead atoms. The van der Waals surface area contributed by atoms with E-state index >= 15 is 0 Å². The van der Waals surface area contributed by atoms with Crippen LogP contribution in [0.2, 0.25) is 0 Å². The van der Waals surface area contributed by atoms with Crippen molar-refractivity contribution in [2.75, 3.05) is 19.7 Å². The Hall–Kier alpha value is -2.16. The van der Waals surface area contributed by atoms with Gasteiger partial charge in [-0.2, -0.15) is 0 Å². The molecule has 2 unspecified atom stereocenters. The highest BCUT2D eigenvalue weighted by atomic mass is 16.5. The molecule has 264 valence electrons. The Morgan fingerprint density at radius 1 is 0.733 bits per heavy atom. The van der Waals surface area contributed by atoms with Gasteiger partial charge in [0.15, 0.2) is 0 Å². The SMILES string of the molecule is CCC(C)(C)CC(C)(C)CNC(=O)C(C)(C)CCOC(C)(C)CCNC(=O)CCC(NC(=O)C(C)(CC)CC(C)(C)C)C(=O)O. The zero-order valence-corrected chi connectivity index (χ0v) is 31.3. The lowest BCUT2D eigenvalue weighted by atomic mass is 9.72. The largest absolute Gasteiger partial charge is 0.480 e. The van der Waals surface area contributed by atoms with Gasteiger partial charge in [0.2, 0.25) is 17.7 Å². The van der Waals surface area contributed by atoms with Crippen LogP contribution < -0.4 is 16.0 Å². The fourth-order valence-corrected chi connectivity index (χ4v) is 5.80. The van der Waals surface area contributed by atoms with Crippen LogP contribution in [-0.2, 0) is 23.9 Å². The molecule has 0 saturated heterocycles. The second-order valence-electron chi connectivity index (χ2n) is 17.4. The molecule has 0 radical (unpaired) electrons. The van der Waals surface area contributed by atoms with E-state index in [1.54, 1.807) is 0 Å². The van der Waals surface area contributed by atoms with Gasteiger partial charge in [-0.1, -0.05) is 89.5 Å². The van der Waals surface area contributed by atoms with Crippen LogP contribution in [0.3, 0.4) is 0 Å². The lowest BCUT2D eigenvalue weighted by Crippen LogP contribution is -2.48. The van der Waals surface area contributed by atoms with Gasteiger partial charge in [-0.3, -0.25) is 14.4 Å². The van der Waals surface area contributed by atoms with Crippen LogP contribution in [0.15, 0.2) is 0 Å². The van der Waals surface area contributed by atoms with Crippen LogP contribution in [0.5, 0.6) is 0 Å².